The van der Waals surface area contributed by atoms with Crippen LogP contribution >= 0.6 is 0 Å². The molecule has 0 aliphatic heterocycles. The molecule has 0 aliphatic carbocycles. The number of aliphatic hydroxyl groups is 1. The first-order valence-electron chi connectivity index (χ1n) is 1.90. The van der Waals surface area contributed by atoms with Crippen LogP contribution in [0.1, 0.15) is 0 Å². The first kappa shape index (κ1) is 6.59. The third-order valence-electron chi connectivity index (χ3n) is 0.569. The maximum atomic E-state index is 10.1. The molecule has 0 aromatic rings. The van der Waals surface area contributed by atoms with Gasteiger partial charge in [-0.2, -0.15) is 0 Å². The summed E-state index contributed by atoms with van der Waals surface area (Å²) in [6, 6.07) is -0.773. The van der Waals surface area contributed by atoms with E-state index in [1.54, 1.807) is 0 Å². The van der Waals surface area contributed by atoms with Gasteiger partial charge in [-0.15, -0.1) is 0 Å². The van der Waals surface area contributed by atoms with Gasteiger partial charge in [0, 0.05) is 0 Å². The van der Waals surface area contributed by atoms with Gasteiger partial charge in [0.05, 0.1) is 6.04 Å². The van der Waals surface area contributed by atoms with E-state index in [2.05, 4.69) is 6.92 Å². The summed E-state index contributed by atoms with van der Waals surface area (Å²) in [7, 11) is 0. The van der Waals surface area contributed by atoms with Gasteiger partial charge in [-0.05, 0) is 6.92 Å². The molecule has 1 radical (unpaired) electrons. The summed E-state index contributed by atoms with van der Waals surface area (Å²) in [5, 5.41) is 8.04. The molecule has 3 N–H and O–H groups in total. The van der Waals surface area contributed by atoms with Crippen molar-refractivity contribution >= 4 is 5.78 Å². The summed E-state index contributed by atoms with van der Waals surface area (Å²) in [6.45, 7) is 2.67. The summed E-state index contributed by atoms with van der Waals surface area (Å²) in [6.07, 6.45) is 0. The van der Waals surface area contributed by atoms with Crippen molar-refractivity contribution in [3.8, 4) is 0 Å². The van der Waals surface area contributed by atoms with E-state index in [1.807, 2.05) is 0 Å². The van der Waals surface area contributed by atoms with Crippen molar-refractivity contribution in [2.45, 2.75) is 6.04 Å². The zero-order chi connectivity index (χ0) is 5.86. The summed E-state index contributed by atoms with van der Waals surface area (Å²) >= 11 is 0. The molecule has 0 heterocycles. The van der Waals surface area contributed by atoms with E-state index in [0.717, 1.165) is 0 Å². The minimum absolute atomic E-state index is 0.431. The highest BCUT2D eigenvalue weighted by Gasteiger charge is 2.02. The number of carbonyl (C=O) groups excluding carboxylic acids is 1. The van der Waals surface area contributed by atoms with E-state index in [1.165, 1.54) is 0 Å². The van der Waals surface area contributed by atoms with Crippen LogP contribution in [0.3, 0.4) is 0 Å². The normalized spacial score (nSPS) is 13.6. The molecular weight excluding hydrogens is 94.0 g/mol. The first-order valence-corrected chi connectivity index (χ1v) is 1.90. The van der Waals surface area contributed by atoms with Gasteiger partial charge in [0.15, 0.2) is 5.78 Å². The summed E-state index contributed by atoms with van der Waals surface area (Å²) in [4.78, 5) is 10.1. The average molecular weight is 102 g/mol. The fourth-order valence-corrected chi connectivity index (χ4v) is 0.117. The number of rotatable bonds is 2. The molecule has 0 spiro atoms. The second-order valence-electron chi connectivity index (χ2n) is 1.23. The van der Waals surface area contributed by atoms with Gasteiger partial charge in [-0.1, -0.05) is 0 Å². The Labute approximate surface area is 42.1 Å². The summed E-state index contributed by atoms with van der Waals surface area (Å²) in [5.41, 5.74) is 4.93. The van der Waals surface area contributed by atoms with E-state index in [9.17, 15) is 4.79 Å². The van der Waals surface area contributed by atoms with Crippen molar-refractivity contribution in [1.82, 2.24) is 0 Å². The quantitative estimate of drug-likeness (QED) is 0.456. The van der Waals surface area contributed by atoms with Crippen molar-refractivity contribution in [2.24, 2.45) is 5.73 Å². The molecule has 0 aromatic carbocycles. The highest BCUT2D eigenvalue weighted by atomic mass is 16.3. The van der Waals surface area contributed by atoms with Crippen LogP contribution in [0.25, 0.3) is 0 Å². The van der Waals surface area contributed by atoms with E-state index in [4.69, 9.17) is 10.8 Å². The maximum absolute atomic E-state index is 10.1. The third kappa shape index (κ3) is 2.31. The standard InChI is InChI=1S/C4H8NO2/c1-3(5)4(7)2-6/h3,6H,1-2,5H2. The lowest BCUT2D eigenvalue weighted by Crippen LogP contribution is -2.29. The molecule has 0 aromatic heterocycles. The Morgan fingerprint density at radius 3 is 2.43 bits per heavy atom. The van der Waals surface area contributed by atoms with Crippen LogP contribution in [0.15, 0.2) is 0 Å². The van der Waals surface area contributed by atoms with Gasteiger partial charge in [0.25, 0.3) is 0 Å². The van der Waals surface area contributed by atoms with Crippen LogP contribution in [0.5, 0.6) is 0 Å². The molecule has 0 amide bonds. The average Bonchev–Trinajstić information content (AvgIpc) is 1.65. The largest absolute Gasteiger partial charge is 0.389 e. The number of Topliss-reactive ketones (excluding diaryl/α,β-unsaturated/α-hetero) is 1. The second kappa shape index (κ2) is 2.71. The molecule has 3 heteroatoms. The second-order valence-corrected chi connectivity index (χ2v) is 1.23. The van der Waals surface area contributed by atoms with Crippen LogP contribution in [0.4, 0.5) is 0 Å². The predicted octanol–water partition coefficient (Wildman–Crippen LogP) is -1.29. The lowest BCUT2D eigenvalue weighted by molar-refractivity contribution is -0.122. The smallest absolute Gasteiger partial charge is 0.174 e. The zero-order valence-electron chi connectivity index (χ0n) is 3.92. The highest BCUT2D eigenvalue weighted by molar-refractivity contribution is 5.85. The van der Waals surface area contributed by atoms with Crippen molar-refractivity contribution in [3.05, 3.63) is 6.92 Å². The SMILES string of the molecule is [CH2]C(N)C(=O)CO. The molecule has 0 bridgehead atoms. The van der Waals surface area contributed by atoms with E-state index in [-0.39, 0.29) is 0 Å². The van der Waals surface area contributed by atoms with Gasteiger partial charge in [-0.25, -0.2) is 0 Å². The summed E-state index contributed by atoms with van der Waals surface area (Å²) in [5.74, 6) is -0.431. The van der Waals surface area contributed by atoms with E-state index in [0.29, 0.717) is 0 Å². The Kier molecular flexibility index (Phi) is 2.55. The van der Waals surface area contributed by atoms with Crippen molar-refractivity contribution < 1.29 is 9.90 Å². The molecule has 1 atom stereocenters. The van der Waals surface area contributed by atoms with Crippen molar-refractivity contribution in [2.75, 3.05) is 6.61 Å². The van der Waals surface area contributed by atoms with Crippen LogP contribution in [0.2, 0.25) is 0 Å². The van der Waals surface area contributed by atoms with Gasteiger partial charge in [-0.3, -0.25) is 4.79 Å². The van der Waals surface area contributed by atoms with Gasteiger partial charge in [0.1, 0.15) is 6.61 Å². The minimum Gasteiger partial charge on any atom is -0.389 e. The van der Waals surface area contributed by atoms with Gasteiger partial charge in [0.2, 0.25) is 0 Å². The Hall–Kier alpha value is -0.410. The van der Waals surface area contributed by atoms with E-state index >= 15 is 0 Å². The molecular formula is C4H8NO2. The van der Waals surface area contributed by atoms with Crippen molar-refractivity contribution in [1.29, 1.82) is 0 Å². The zero-order valence-corrected chi connectivity index (χ0v) is 3.92. The molecule has 7 heavy (non-hydrogen) atoms. The minimum atomic E-state index is -0.773. The molecule has 0 saturated heterocycles. The molecule has 1 unspecified atom stereocenters. The Balaban J connectivity index is 3.35. The molecule has 0 rings (SSSR count). The molecule has 0 aliphatic rings. The number of ketones is 1. The molecule has 0 fully saturated rings. The number of aliphatic hydroxyl groups excluding tert-OH is 1. The molecule has 0 saturated carbocycles. The van der Waals surface area contributed by atoms with Crippen LogP contribution < -0.4 is 5.73 Å². The van der Waals surface area contributed by atoms with Crippen molar-refractivity contribution in [3.63, 3.8) is 0 Å². The number of hydrogen-bond donors (Lipinski definition) is 2. The topological polar surface area (TPSA) is 63.3 Å². The third-order valence-corrected chi connectivity index (χ3v) is 0.569. The predicted molar refractivity (Wildman–Crippen MR) is 25.4 cm³/mol. The summed E-state index contributed by atoms with van der Waals surface area (Å²) < 4.78 is 0. The Morgan fingerprint density at radius 1 is 2.00 bits per heavy atom. The molecule has 41 valence electrons. The fourth-order valence-electron chi connectivity index (χ4n) is 0.117. The monoisotopic (exact) mass is 102 g/mol. The Morgan fingerprint density at radius 2 is 2.43 bits per heavy atom. The number of nitrogens with two attached hydrogens (primary N) is 1. The highest BCUT2D eigenvalue weighted by Crippen LogP contribution is 1.73. The molecule has 3 nitrogen and oxygen atoms in total. The van der Waals surface area contributed by atoms with Gasteiger partial charge < -0.3 is 10.8 Å². The lowest BCUT2D eigenvalue weighted by atomic mass is 10.2. The lowest BCUT2D eigenvalue weighted by Gasteiger charge is -1.95. The first-order chi connectivity index (χ1) is 3.18. The fraction of sp³-hybridized carbons (Fsp3) is 0.500. The van der Waals surface area contributed by atoms with E-state index < -0.39 is 18.4 Å². The Bertz CT molecular complexity index is 70.1. The number of hydrogen-bond acceptors (Lipinski definition) is 3. The van der Waals surface area contributed by atoms with Crippen LogP contribution in [-0.2, 0) is 4.79 Å². The maximum Gasteiger partial charge on any atom is 0.174 e. The number of carbonyl (C=O) groups is 1. The van der Waals surface area contributed by atoms with Crippen LogP contribution in [0, 0.1) is 6.92 Å². The van der Waals surface area contributed by atoms with Gasteiger partial charge >= 0.3 is 0 Å². The van der Waals surface area contributed by atoms with Crippen LogP contribution in [-0.4, -0.2) is 23.5 Å².